The molecule has 0 saturated heterocycles. The van der Waals surface area contributed by atoms with E-state index in [1.165, 1.54) is 4.88 Å². The summed E-state index contributed by atoms with van der Waals surface area (Å²) in [6.07, 6.45) is 6.07. The first kappa shape index (κ1) is 14.2. The van der Waals surface area contributed by atoms with Crippen molar-refractivity contribution in [3.05, 3.63) is 62.7 Å². The molecule has 7 heteroatoms. The van der Waals surface area contributed by atoms with Gasteiger partial charge in [-0.2, -0.15) is 0 Å². The van der Waals surface area contributed by atoms with E-state index in [0.717, 1.165) is 36.3 Å². The molecule has 4 rings (SSSR count). The number of hydrogen-bond donors (Lipinski definition) is 1. The quantitative estimate of drug-likeness (QED) is 0.795. The highest BCUT2D eigenvalue weighted by Crippen LogP contribution is 2.20. The molecular weight excluding hydrogens is 310 g/mol. The van der Waals surface area contributed by atoms with Crippen LogP contribution >= 0.6 is 11.3 Å². The third-order valence-electron chi connectivity index (χ3n) is 3.96. The van der Waals surface area contributed by atoms with E-state index in [9.17, 15) is 4.79 Å². The summed E-state index contributed by atoms with van der Waals surface area (Å²) in [6, 6.07) is 3.70. The molecular formula is C16H15N5OS. The van der Waals surface area contributed by atoms with Crippen LogP contribution < -0.4 is 5.56 Å². The lowest BCUT2D eigenvalue weighted by atomic mass is 10.1. The zero-order chi connectivity index (χ0) is 15.6. The van der Waals surface area contributed by atoms with Gasteiger partial charge in [-0.25, -0.2) is 4.98 Å². The Morgan fingerprint density at radius 2 is 2.13 bits per heavy atom. The minimum absolute atomic E-state index is 0.0455. The number of rotatable bonds is 3. The Kier molecular flexibility index (Phi) is 3.72. The second-order valence-electron chi connectivity index (χ2n) is 5.50. The first-order chi connectivity index (χ1) is 11.3. The third kappa shape index (κ3) is 2.93. The van der Waals surface area contributed by atoms with E-state index in [4.69, 9.17) is 0 Å². The van der Waals surface area contributed by atoms with Crippen molar-refractivity contribution in [3.8, 4) is 11.4 Å². The molecule has 3 aromatic rings. The zero-order valence-electron chi connectivity index (χ0n) is 12.4. The molecule has 0 spiro atoms. The predicted molar refractivity (Wildman–Crippen MR) is 88.0 cm³/mol. The zero-order valence-corrected chi connectivity index (χ0v) is 13.2. The monoisotopic (exact) mass is 325 g/mol. The Morgan fingerprint density at radius 3 is 2.91 bits per heavy atom. The number of fused-ring (bicyclic) bond motifs is 1. The topological polar surface area (TPSA) is 74.8 Å². The van der Waals surface area contributed by atoms with Gasteiger partial charge in [0.25, 0.3) is 5.56 Å². The summed E-state index contributed by atoms with van der Waals surface area (Å²) in [6.45, 7) is 2.36. The molecule has 0 bridgehead atoms. The molecule has 6 nitrogen and oxygen atoms in total. The van der Waals surface area contributed by atoms with E-state index in [2.05, 4.69) is 24.8 Å². The summed E-state index contributed by atoms with van der Waals surface area (Å²) in [7, 11) is 0. The van der Waals surface area contributed by atoms with Crippen LogP contribution in [0.3, 0.4) is 0 Å². The number of aromatic amines is 1. The molecule has 3 aromatic heterocycles. The lowest BCUT2D eigenvalue weighted by molar-refractivity contribution is 0.244. The van der Waals surface area contributed by atoms with Crippen LogP contribution in [-0.4, -0.2) is 31.4 Å². The lowest BCUT2D eigenvalue weighted by Crippen LogP contribution is -2.35. The van der Waals surface area contributed by atoms with Gasteiger partial charge in [-0.1, -0.05) is 0 Å². The number of nitrogens with one attached hydrogen (secondary N) is 1. The fourth-order valence-electron chi connectivity index (χ4n) is 2.80. The van der Waals surface area contributed by atoms with Gasteiger partial charge >= 0.3 is 0 Å². The fraction of sp³-hybridized carbons (Fsp3) is 0.250. The molecule has 0 amide bonds. The van der Waals surface area contributed by atoms with Crippen LogP contribution in [0.25, 0.3) is 11.4 Å². The summed E-state index contributed by atoms with van der Waals surface area (Å²) in [5, 5.41) is 0. The highest BCUT2D eigenvalue weighted by atomic mass is 32.1. The second kappa shape index (κ2) is 6.02. The Labute approximate surface area is 136 Å². The van der Waals surface area contributed by atoms with Crippen molar-refractivity contribution in [2.24, 2.45) is 0 Å². The molecule has 116 valence electrons. The molecule has 0 aliphatic carbocycles. The van der Waals surface area contributed by atoms with Crippen molar-refractivity contribution in [3.63, 3.8) is 0 Å². The largest absolute Gasteiger partial charge is 0.306 e. The van der Waals surface area contributed by atoms with Crippen LogP contribution in [0.5, 0.6) is 0 Å². The van der Waals surface area contributed by atoms with Crippen LogP contribution in [0.1, 0.15) is 16.1 Å². The van der Waals surface area contributed by atoms with Gasteiger partial charge in [-0.05, 0) is 12.1 Å². The van der Waals surface area contributed by atoms with E-state index in [0.29, 0.717) is 12.4 Å². The number of hydrogen-bond acceptors (Lipinski definition) is 6. The molecule has 0 unspecified atom stereocenters. The molecule has 1 aliphatic heterocycles. The van der Waals surface area contributed by atoms with Crippen molar-refractivity contribution in [2.45, 2.75) is 19.5 Å². The molecule has 0 saturated carbocycles. The van der Waals surface area contributed by atoms with Gasteiger partial charge in [0.1, 0.15) is 5.82 Å². The van der Waals surface area contributed by atoms with Crippen molar-refractivity contribution >= 4 is 11.3 Å². The Hall–Kier alpha value is -2.38. The second-order valence-corrected chi connectivity index (χ2v) is 6.47. The standard InChI is InChI=1S/C16H15N5OS/c22-16-13-9-21(8-12-7-18-10-23-12)6-3-14(13)19-15(20-16)11-1-4-17-5-2-11/h1-2,4-5,7,10H,3,6,8-9H2,(H,19,20,22). The van der Waals surface area contributed by atoms with E-state index in [1.807, 2.05) is 23.8 Å². The van der Waals surface area contributed by atoms with Gasteiger partial charge in [-0.15, -0.1) is 11.3 Å². The van der Waals surface area contributed by atoms with Gasteiger partial charge in [0.15, 0.2) is 0 Å². The predicted octanol–water partition coefficient (Wildman–Crippen LogP) is 1.85. The maximum atomic E-state index is 12.5. The van der Waals surface area contributed by atoms with Crippen LogP contribution in [0.2, 0.25) is 0 Å². The van der Waals surface area contributed by atoms with Crippen molar-refractivity contribution in [1.29, 1.82) is 0 Å². The lowest BCUT2D eigenvalue weighted by Gasteiger charge is -2.27. The molecule has 1 N–H and O–H groups in total. The summed E-state index contributed by atoms with van der Waals surface area (Å²) < 4.78 is 0. The maximum Gasteiger partial charge on any atom is 0.255 e. The molecule has 1 aliphatic rings. The molecule has 0 fully saturated rings. The highest BCUT2D eigenvalue weighted by Gasteiger charge is 2.21. The Morgan fingerprint density at radius 1 is 1.26 bits per heavy atom. The average molecular weight is 325 g/mol. The summed E-state index contributed by atoms with van der Waals surface area (Å²) in [5.41, 5.74) is 4.35. The molecule has 23 heavy (non-hydrogen) atoms. The Balaban J connectivity index is 1.62. The van der Waals surface area contributed by atoms with Crippen LogP contribution in [-0.2, 0) is 19.5 Å². The molecule has 0 aromatic carbocycles. The SMILES string of the molecule is O=c1[nH]c(-c2ccncc2)nc2c1CN(Cc1cncs1)CC2. The van der Waals surface area contributed by atoms with Gasteiger partial charge in [0.2, 0.25) is 0 Å². The number of H-pyrrole nitrogens is 1. The number of nitrogens with zero attached hydrogens (tertiary/aromatic N) is 4. The minimum atomic E-state index is -0.0455. The molecule has 0 radical (unpaired) electrons. The molecule has 4 heterocycles. The first-order valence-corrected chi connectivity index (χ1v) is 8.30. The van der Waals surface area contributed by atoms with E-state index < -0.39 is 0 Å². The van der Waals surface area contributed by atoms with E-state index in [-0.39, 0.29) is 5.56 Å². The van der Waals surface area contributed by atoms with Gasteiger partial charge in [-0.3, -0.25) is 19.7 Å². The summed E-state index contributed by atoms with van der Waals surface area (Å²) in [4.78, 5) is 31.6. The third-order valence-corrected chi connectivity index (χ3v) is 4.73. The number of pyridine rings is 1. The van der Waals surface area contributed by atoms with Gasteiger partial charge in [0, 0.05) is 55.1 Å². The number of aromatic nitrogens is 4. The maximum absolute atomic E-state index is 12.5. The average Bonchev–Trinajstić information content (AvgIpc) is 3.09. The summed E-state index contributed by atoms with van der Waals surface area (Å²) >= 11 is 1.64. The van der Waals surface area contributed by atoms with Crippen molar-refractivity contribution in [1.82, 2.24) is 24.8 Å². The molecule has 0 atom stereocenters. The van der Waals surface area contributed by atoms with E-state index in [1.54, 1.807) is 23.7 Å². The first-order valence-electron chi connectivity index (χ1n) is 7.42. The highest BCUT2D eigenvalue weighted by molar-refractivity contribution is 7.09. The normalized spacial score (nSPS) is 14.6. The van der Waals surface area contributed by atoms with Crippen molar-refractivity contribution < 1.29 is 0 Å². The van der Waals surface area contributed by atoms with E-state index >= 15 is 0 Å². The Bertz CT molecular complexity index is 860. The van der Waals surface area contributed by atoms with Gasteiger partial charge < -0.3 is 4.98 Å². The van der Waals surface area contributed by atoms with Crippen molar-refractivity contribution in [2.75, 3.05) is 6.54 Å². The van der Waals surface area contributed by atoms with Crippen LogP contribution in [0, 0.1) is 0 Å². The number of thiazole rings is 1. The summed E-state index contributed by atoms with van der Waals surface area (Å²) in [5.74, 6) is 0.618. The fourth-order valence-corrected chi connectivity index (χ4v) is 3.44. The van der Waals surface area contributed by atoms with Crippen LogP contribution in [0.4, 0.5) is 0 Å². The van der Waals surface area contributed by atoms with Gasteiger partial charge in [0.05, 0.1) is 16.8 Å². The smallest absolute Gasteiger partial charge is 0.255 e. The minimum Gasteiger partial charge on any atom is -0.306 e. The van der Waals surface area contributed by atoms with Crippen LogP contribution in [0.15, 0.2) is 41.0 Å².